The molecule has 2 nitrogen and oxygen atoms in total. The van der Waals surface area contributed by atoms with E-state index in [2.05, 4.69) is 12.1 Å². The normalized spacial score (nSPS) is 10.5. The Morgan fingerprint density at radius 2 is 1.48 bits per heavy atom. The van der Waals surface area contributed by atoms with E-state index in [9.17, 15) is 0 Å². The van der Waals surface area contributed by atoms with Crippen LogP contribution < -0.4 is 11.5 Å². The Bertz CT molecular complexity index is 754. The second-order valence-electron chi connectivity index (χ2n) is 4.76. The molecule has 4 N–H and O–H groups in total. The predicted molar refractivity (Wildman–Crippen MR) is 91.3 cm³/mol. The Morgan fingerprint density at radius 3 is 2.24 bits per heavy atom. The predicted octanol–water partition coefficient (Wildman–Crippen LogP) is 4.67. The lowest BCUT2D eigenvalue weighted by Gasteiger charge is -2.11. The van der Waals surface area contributed by atoms with E-state index in [4.69, 9.17) is 11.5 Å². The molecule has 0 aromatic heterocycles. The average molecular weight is 292 g/mol. The highest BCUT2D eigenvalue weighted by Crippen LogP contribution is 2.37. The third kappa shape index (κ3) is 3.03. The number of benzene rings is 3. The van der Waals surface area contributed by atoms with Crippen LogP contribution in [0.2, 0.25) is 0 Å². The molecule has 3 heteroatoms. The van der Waals surface area contributed by atoms with E-state index in [0.29, 0.717) is 0 Å². The fourth-order valence-corrected chi connectivity index (χ4v) is 3.12. The van der Waals surface area contributed by atoms with Gasteiger partial charge in [0.25, 0.3) is 0 Å². The Morgan fingerprint density at radius 1 is 0.714 bits per heavy atom. The van der Waals surface area contributed by atoms with Crippen molar-refractivity contribution in [3.8, 4) is 11.1 Å². The summed E-state index contributed by atoms with van der Waals surface area (Å²) in [5.41, 5.74) is 15.8. The maximum Gasteiger partial charge on any atom is 0.0535 e. The molecule has 0 aliphatic rings. The van der Waals surface area contributed by atoms with Crippen molar-refractivity contribution in [3.05, 3.63) is 72.8 Å². The number of nitrogen functional groups attached to an aromatic ring is 2. The van der Waals surface area contributed by atoms with Crippen LogP contribution in [0.25, 0.3) is 11.1 Å². The number of hydrogen-bond acceptors (Lipinski definition) is 3. The molecule has 0 atom stereocenters. The van der Waals surface area contributed by atoms with E-state index in [1.54, 1.807) is 11.8 Å². The first-order valence-corrected chi connectivity index (χ1v) is 7.53. The Balaban J connectivity index is 1.99. The van der Waals surface area contributed by atoms with Gasteiger partial charge in [0.2, 0.25) is 0 Å². The summed E-state index contributed by atoms with van der Waals surface area (Å²) < 4.78 is 0. The van der Waals surface area contributed by atoms with E-state index in [1.807, 2.05) is 60.7 Å². The van der Waals surface area contributed by atoms with Crippen LogP contribution in [0.3, 0.4) is 0 Å². The quantitative estimate of drug-likeness (QED) is 0.690. The van der Waals surface area contributed by atoms with Crippen LogP contribution in [0.15, 0.2) is 82.6 Å². The highest BCUT2D eigenvalue weighted by atomic mass is 32.2. The summed E-state index contributed by atoms with van der Waals surface area (Å²) in [4.78, 5) is 2.23. The molecule has 3 aromatic carbocycles. The lowest BCUT2D eigenvalue weighted by molar-refractivity contribution is 1.41. The first-order chi connectivity index (χ1) is 10.2. The van der Waals surface area contributed by atoms with Crippen molar-refractivity contribution >= 4 is 23.1 Å². The first kappa shape index (κ1) is 13.6. The van der Waals surface area contributed by atoms with E-state index in [-0.39, 0.29) is 0 Å². The van der Waals surface area contributed by atoms with Gasteiger partial charge in [0.05, 0.1) is 5.69 Å². The number of nitrogens with two attached hydrogens (primary N) is 2. The molecular weight excluding hydrogens is 276 g/mol. The van der Waals surface area contributed by atoms with Gasteiger partial charge in [-0.1, -0.05) is 54.2 Å². The molecule has 21 heavy (non-hydrogen) atoms. The molecule has 3 aromatic rings. The number of anilines is 2. The molecule has 104 valence electrons. The molecule has 0 aliphatic heterocycles. The molecule has 0 unspecified atom stereocenters. The minimum absolute atomic E-state index is 0.744. The second kappa shape index (κ2) is 5.94. The number of rotatable bonds is 3. The molecule has 3 rings (SSSR count). The minimum atomic E-state index is 0.744. The highest BCUT2D eigenvalue weighted by Gasteiger charge is 2.08. The van der Waals surface area contributed by atoms with Crippen LogP contribution in [0.4, 0.5) is 11.4 Å². The molecule has 0 amide bonds. The van der Waals surface area contributed by atoms with Crippen LogP contribution in [-0.4, -0.2) is 0 Å². The monoisotopic (exact) mass is 292 g/mol. The first-order valence-electron chi connectivity index (χ1n) is 6.71. The molecule has 0 fully saturated rings. The maximum absolute atomic E-state index is 6.35. The van der Waals surface area contributed by atoms with Crippen LogP contribution in [0.1, 0.15) is 0 Å². The third-order valence-electron chi connectivity index (χ3n) is 3.23. The van der Waals surface area contributed by atoms with Gasteiger partial charge in [-0.05, 0) is 35.9 Å². The van der Waals surface area contributed by atoms with Crippen molar-refractivity contribution in [2.75, 3.05) is 11.5 Å². The summed E-state index contributed by atoms with van der Waals surface area (Å²) in [5, 5.41) is 0. The summed E-state index contributed by atoms with van der Waals surface area (Å²) in [6.45, 7) is 0. The number of hydrogen-bond donors (Lipinski definition) is 2. The van der Waals surface area contributed by atoms with Gasteiger partial charge in [0, 0.05) is 21.0 Å². The zero-order chi connectivity index (χ0) is 14.7. The van der Waals surface area contributed by atoms with E-state index in [1.165, 1.54) is 4.90 Å². The van der Waals surface area contributed by atoms with Gasteiger partial charge in [0.15, 0.2) is 0 Å². The summed E-state index contributed by atoms with van der Waals surface area (Å²) in [7, 11) is 0. The zero-order valence-corrected chi connectivity index (χ0v) is 12.3. The second-order valence-corrected chi connectivity index (χ2v) is 5.87. The highest BCUT2D eigenvalue weighted by molar-refractivity contribution is 7.99. The van der Waals surface area contributed by atoms with Crippen molar-refractivity contribution < 1.29 is 0 Å². The third-order valence-corrected chi connectivity index (χ3v) is 4.32. The van der Waals surface area contributed by atoms with Gasteiger partial charge < -0.3 is 11.5 Å². The number of para-hydroxylation sites is 1. The topological polar surface area (TPSA) is 52.0 Å². The SMILES string of the molecule is Nc1cccc(-c2cccc(Sc3ccccc3)c2N)c1. The van der Waals surface area contributed by atoms with Crippen molar-refractivity contribution in [1.82, 2.24) is 0 Å². The van der Waals surface area contributed by atoms with Gasteiger partial charge in [-0.15, -0.1) is 0 Å². The maximum atomic E-state index is 6.35. The summed E-state index contributed by atoms with van der Waals surface area (Å²) >= 11 is 1.67. The Kier molecular flexibility index (Phi) is 3.84. The smallest absolute Gasteiger partial charge is 0.0535 e. The van der Waals surface area contributed by atoms with Crippen LogP contribution >= 0.6 is 11.8 Å². The van der Waals surface area contributed by atoms with Crippen molar-refractivity contribution in [2.24, 2.45) is 0 Å². The molecule has 0 bridgehead atoms. The standard InChI is InChI=1S/C18H16N2S/c19-14-7-4-6-13(12-14)16-10-5-11-17(18(16)20)21-15-8-2-1-3-9-15/h1-12H,19-20H2. The minimum Gasteiger partial charge on any atom is -0.399 e. The molecule has 0 heterocycles. The fourth-order valence-electron chi connectivity index (χ4n) is 2.21. The van der Waals surface area contributed by atoms with Gasteiger partial charge >= 0.3 is 0 Å². The van der Waals surface area contributed by atoms with Gasteiger partial charge in [-0.25, -0.2) is 0 Å². The molecule has 0 spiro atoms. The Labute approximate surface area is 128 Å². The summed E-state index contributed by atoms with van der Waals surface area (Å²) in [5.74, 6) is 0. The molecule has 0 saturated heterocycles. The molecular formula is C18H16N2S. The summed E-state index contributed by atoms with van der Waals surface area (Å²) in [6, 6.07) is 24.1. The van der Waals surface area contributed by atoms with Crippen molar-refractivity contribution in [2.45, 2.75) is 9.79 Å². The van der Waals surface area contributed by atoms with E-state index < -0.39 is 0 Å². The van der Waals surface area contributed by atoms with Gasteiger partial charge in [-0.2, -0.15) is 0 Å². The fraction of sp³-hybridized carbons (Fsp3) is 0. The zero-order valence-electron chi connectivity index (χ0n) is 11.5. The Hall–Kier alpha value is -2.39. The lowest BCUT2D eigenvalue weighted by atomic mass is 10.0. The molecule has 0 radical (unpaired) electrons. The average Bonchev–Trinajstić information content (AvgIpc) is 2.50. The van der Waals surface area contributed by atoms with Crippen LogP contribution in [0, 0.1) is 0 Å². The van der Waals surface area contributed by atoms with Crippen LogP contribution in [0.5, 0.6) is 0 Å². The summed E-state index contributed by atoms with van der Waals surface area (Å²) in [6.07, 6.45) is 0. The van der Waals surface area contributed by atoms with Crippen molar-refractivity contribution in [1.29, 1.82) is 0 Å². The largest absolute Gasteiger partial charge is 0.399 e. The lowest BCUT2D eigenvalue weighted by Crippen LogP contribution is -1.93. The van der Waals surface area contributed by atoms with Crippen molar-refractivity contribution in [3.63, 3.8) is 0 Å². The molecule has 0 aliphatic carbocycles. The van der Waals surface area contributed by atoms with E-state index >= 15 is 0 Å². The van der Waals surface area contributed by atoms with Gasteiger partial charge in [0.1, 0.15) is 0 Å². The van der Waals surface area contributed by atoms with Crippen LogP contribution in [-0.2, 0) is 0 Å². The van der Waals surface area contributed by atoms with Gasteiger partial charge in [-0.3, -0.25) is 0 Å². The van der Waals surface area contributed by atoms with E-state index in [0.717, 1.165) is 27.4 Å². The molecule has 0 saturated carbocycles.